The van der Waals surface area contributed by atoms with Crippen LogP contribution < -0.4 is 10.2 Å². The van der Waals surface area contributed by atoms with E-state index in [2.05, 4.69) is 11.8 Å². The Morgan fingerprint density at radius 3 is 2.65 bits per heavy atom. The highest BCUT2D eigenvalue weighted by Crippen LogP contribution is 2.16. The zero-order chi connectivity index (χ0) is 14.4. The normalized spacial score (nSPS) is 20.4. The molecule has 1 saturated heterocycles. The Kier molecular flexibility index (Phi) is 5.89. The Morgan fingerprint density at radius 1 is 1.20 bits per heavy atom. The molecular weight excluding hydrogens is 253 g/mol. The highest BCUT2D eigenvalue weighted by atomic mass is 16.5. The third-order valence-corrected chi connectivity index (χ3v) is 4.02. The van der Waals surface area contributed by atoms with Gasteiger partial charge < -0.3 is 14.8 Å². The van der Waals surface area contributed by atoms with E-state index in [4.69, 9.17) is 14.8 Å². The van der Waals surface area contributed by atoms with Gasteiger partial charge in [-0.05, 0) is 43.9 Å². The number of likely N-dealkylation sites (tertiary alicyclic amines) is 1. The predicted molar refractivity (Wildman–Crippen MR) is 81.3 cm³/mol. The molecule has 2 rings (SSSR count). The van der Waals surface area contributed by atoms with Crippen molar-refractivity contribution >= 4 is 12.6 Å². The van der Waals surface area contributed by atoms with E-state index in [0.717, 1.165) is 12.3 Å². The van der Waals surface area contributed by atoms with Crippen molar-refractivity contribution in [3.63, 3.8) is 0 Å². The molecule has 0 aromatic heterocycles. The maximum atomic E-state index is 9.02. The number of hydrogen-bond donors (Lipinski definition) is 2. The van der Waals surface area contributed by atoms with Gasteiger partial charge in [-0.1, -0.05) is 25.0 Å². The first-order valence-electron chi connectivity index (χ1n) is 7.50. The molecule has 1 heterocycles. The minimum atomic E-state index is -1.41. The van der Waals surface area contributed by atoms with E-state index in [1.165, 1.54) is 32.2 Å². The van der Waals surface area contributed by atoms with Crippen LogP contribution in [0.2, 0.25) is 0 Å². The second-order valence-corrected chi connectivity index (χ2v) is 5.53. The molecule has 1 atom stereocenters. The van der Waals surface area contributed by atoms with Crippen molar-refractivity contribution < 1.29 is 14.8 Å². The second-order valence-electron chi connectivity index (χ2n) is 5.53. The van der Waals surface area contributed by atoms with Crippen LogP contribution in [0.1, 0.15) is 32.6 Å². The number of nitrogens with zero attached hydrogens (tertiary/aromatic N) is 1. The van der Waals surface area contributed by atoms with Gasteiger partial charge in [0, 0.05) is 12.6 Å². The Bertz CT molecular complexity index is 397. The predicted octanol–water partition coefficient (Wildman–Crippen LogP) is 1.01. The Hall–Kier alpha value is -1.04. The van der Waals surface area contributed by atoms with Crippen LogP contribution in [0.3, 0.4) is 0 Å². The first-order chi connectivity index (χ1) is 9.66. The van der Waals surface area contributed by atoms with E-state index in [0.29, 0.717) is 18.1 Å². The molecule has 0 bridgehead atoms. The maximum absolute atomic E-state index is 9.02. The summed E-state index contributed by atoms with van der Waals surface area (Å²) in [7, 11) is -1.41. The van der Waals surface area contributed by atoms with Gasteiger partial charge in [0.05, 0.1) is 0 Å². The summed E-state index contributed by atoms with van der Waals surface area (Å²) >= 11 is 0. The minimum absolute atomic E-state index is 0.485. The van der Waals surface area contributed by atoms with E-state index in [1.807, 2.05) is 0 Å². The number of rotatable bonds is 5. The van der Waals surface area contributed by atoms with Crippen LogP contribution in [0.5, 0.6) is 5.75 Å². The largest absolute Gasteiger partial charge is 0.492 e. The van der Waals surface area contributed by atoms with Crippen LogP contribution >= 0.6 is 0 Å². The molecule has 1 aromatic carbocycles. The summed E-state index contributed by atoms with van der Waals surface area (Å²) in [5.41, 5.74) is 0.485. The molecule has 4 nitrogen and oxygen atoms in total. The molecule has 2 N–H and O–H groups in total. The molecule has 0 radical (unpaired) electrons. The first kappa shape index (κ1) is 15.4. The quantitative estimate of drug-likeness (QED) is 0.789. The Labute approximate surface area is 121 Å². The van der Waals surface area contributed by atoms with Gasteiger partial charge in [0.25, 0.3) is 0 Å². The van der Waals surface area contributed by atoms with Crippen LogP contribution in [0.4, 0.5) is 0 Å². The average Bonchev–Trinajstić information content (AvgIpc) is 2.65. The summed E-state index contributed by atoms with van der Waals surface area (Å²) in [6.45, 7) is 5.08. The fraction of sp³-hybridized carbons (Fsp3) is 0.600. The number of hydrogen-bond acceptors (Lipinski definition) is 4. The van der Waals surface area contributed by atoms with E-state index in [1.54, 1.807) is 24.3 Å². The summed E-state index contributed by atoms with van der Waals surface area (Å²) in [4.78, 5) is 2.50. The molecule has 0 aliphatic carbocycles. The molecule has 5 heteroatoms. The fourth-order valence-electron chi connectivity index (χ4n) is 2.68. The van der Waals surface area contributed by atoms with Gasteiger partial charge in [-0.3, -0.25) is 4.90 Å². The Morgan fingerprint density at radius 2 is 1.95 bits per heavy atom. The van der Waals surface area contributed by atoms with Crippen LogP contribution in [-0.4, -0.2) is 47.8 Å². The van der Waals surface area contributed by atoms with E-state index in [9.17, 15) is 0 Å². The molecule has 1 aliphatic heterocycles. The average molecular weight is 277 g/mol. The van der Waals surface area contributed by atoms with Gasteiger partial charge in [0.2, 0.25) is 0 Å². The summed E-state index contributed by atoms with van der Waals surface area (Å²) in [6.07, 6.45) is 5.24. The lowest BCUT2D eigenvalue weighted by Crippen LogP contribution is -2.36. The molecule has 1 fully saturated rings. The van der Waals surface area contributed by atoms with Crippen molar-refractivity contribution in [3.05, 3.63) is 24.3 Å². The van der Waals surface area contributed by atoms with Gasteiger partial charge in [-0.15, -0.1) is 0 Å². The highest BCUT2D eigenvalue weighted by Gasteiger charge is 2.16. The van der Waals surface area contributed by atoms with Gasteiger partial charge in [-0.25, -0.2) is 0 Å². The second kappa shape index (κ2) is 7.67. The topological polar surface area (TPSA) is 52.9 Å². The van der Waals surface area contributed by atoms with Crippen LogP contribution in [0, 0.1) is 0 Å². The lowest BCUT2D eigenvalue weighted by atomic mass is 9.80. The van der Waals surface area contributed by atoms with Crippen molar-refractivity contribution in [3.8, 4) is 5.75 Å². The number of ether oxygens (including phenoxy) is 1. The molecule has 1 aliphatic rings. The minimum Gasteiger partial charge on any atom is -0.492 e. The van der Waals surface area contributed by atoms with E-state index in [-0.39, 0.29) is 0 Å². The fourth-order valence-corrected chi connectivity index (χ4v) is 2.68. The van der Waals surface area contributed by atoms with E-state index < -0.39 is 7.12 Å². The van der Waals surface area contributed by atoms with Crippen molar-refractivity contribution in [1.82, 2.24) is 4.90 Å². The van der Waals surface area contributed by atoms with Crippen molar-refractivity contribution in [2.75, 3.05) is 19.7 Å². The third-order valence-electron chi connectivity index (χ3n) is 4.02. The molecule has 1 unspecified atom stereocenters. The zero-order valence-electron chi connectivity index (χ0n) is 12.2. The molecule has 0 saturated carbocycles. The van der Waals surface area contributed by atoms with Gasteiger partial charge >= 0.3 is 7.12 Å². The van der Waals surface area contributed by atoms with Crippen molar-refractivity contribution in [1.29, 1.82) is 0 Å². The summed E-state index contributed by atoms with van der Waals surface area (Å²) in [5.74, 6) is 0.775. The molecule has 0 spiro atoms. The highest BCUT2D eigenvalue weighted by molar-refractivity contribution is 6.58. The summed E-state index contributed by atoms with van der Waals surface area (Å²) < 4.78 is 5.73. The lowest BCUT2D eigenvalue weighted by Gasteiger charge is -2.26. The summed E-state index contributed by atoms with van der Waals surface area (Å²) in [5, 5.41) is 18.0. The summed E-state index contributed by atoms with van der Waals surface area (Å²) in [6, 6.07) is 7.55. The number of benzene rings is 1. The molecule has 110 valence electrons. The van der Waals surface area contributed by atoms with Crippen molar-refractivity contribution in [2.24, 2.45) is 0 Å². The molecule has 0 amide bonds. The van der Waals surface area contributed by atoms with Gasteiger partial charge in [-0.2, -0.15) is 0 Å². The SMILES string of the molecule is CC1CCCCCN1CCOc1ccc(B(O)O)cc1. The smallest absolute Gasteiger partial charge is 0.488 e. The first-order valence-corrected chi connectivity index (χ1v) is 7.50. The third kappa shape index (κ3) is 4.51. The molecular formula is C15H24BNO3. The van der Waals surface area contributed by atoms with Crippen LogP contribution in [-0.2, 0) is 0 Å². The monoisotopic (exact) mass is 277 g/mol. The standard InChI is InChI=1S/C15H24BNO3/c1-13-5-3-2-4-10-17(13)11-12-20-15-8-6-14(7-9-15)16(18)19/h6-9,13,18-19H,2-5,10-12H2,1H3. The lowest BCUT2D eigenvalue weighted by molar-refractivity contribution is 0.171. The Balaban J connectivity index is 1.77. The van der Waals surface area contributed by atoms with E-state index >= 15 is 0 Å². The van der Waals surface area contributed by atoms with Crippen LogP contribution in [0.15, 0.2) is 24.3 Å². The molecule has 1 aromatic rings. The van der Waals surface area contributed by atoms with Gasteiger partial charge in [0.15, 0.2) is 0 Å². The zero-order valence-corrected chi connectivity index (χ0v) is 12.2. The van der Waals surface area contributed by atoms with Crippen molar-refractivity contribution in [2.45, 2.75) is 38.6 Å². The molecule has 20 heavy (non-hydrogen) atoms. The van der Waals surface area contributed by atoms with Crippen LogP contribution in [0.25, 0.3) is 0 Å². The van der Waals surface area contributed by atoms with Gasteiger partial charge in [0.1, 0.15) is 12.4 Å². The maximum Gasteiger partial charge on any atom is 0.488 e.